The number of aromatic nitrogens is 4. The number of hydrogen-bond acceptors (Lipinski definition) is 6. The van der Waals surface area contributed by atoms with Gasteiger partial charge in [0.15, 0.2) is 5.65 Å². The molecule has 1 fully saturated rings. The van der Waals surface area contributed by atoms with Gasteiger partial charge in [-0.15, -0.1) is 0 Å². The zero-order valence-electron chi connectivity index (χ0n) is 20.8. The maximum atomic E-state index is 14.6. The van der Waals surface area contributed by atoms with Crippen molar-refractivity contribution in [1.82, 2.24) is 19.5 Å². The Bertz CT molecular complexity index is 1640. The zero-order valence-corrected chi connectivity index (χ0v) is 20.8. The fraction of sp³-hybridized carbons (Fsp3) is 0.296. The molecule has 0 bridgehead atoms. The van der Waals surface area contributed by atoms with E-state index < -0.39 is 35.0 Å². The number of halogens is 1. The lowest BCUT2D eigenvalue weighted by atomic mass is 10.00. The van der Waals surface area contributed by atoms with Gasteiger partial charge in [0, 0.05) is 25.1 Å². The average Bonchev–Trinajstić information content (AvgIpc) is 3.57. The van der Waals surface area contributed by atoms with Crippen LogP contribution in [0, 0.1) is 17.7 Å². The van der Waals surface area contributed by atoms with Gasteiger partial charge in [-0.25, -0.2) is 14.2 Å². The highest BCUT2D eigenvalue weighted by Crippen LogP contribution is 2.48. The first-order valence-corrected chi connectivity index (χ1v) is 12.2. The maximum absolute atomic E-state index is 14.6. The van der Waals surface area contributed by atoms with Gasteiger partial charge in [-0.3, -0.25) is 23.9 Å². The van der Waals surface area contributed by atoms with Crippen molar-refractivity contribution in [2.45, 2.75) is 32.2 Å². The summed E-state index contributed by atoms with van der Waals surface area (Å²) in [6.07, 6.45) is 0.921. The average molecular weight is 520 g/mol. The summed E-state index contributed by atoms with van der Waals surface area (Å²) in [6.45, 7) is 1.42. The number of nitrogens with one attached hydrogen (secondary N) is 3. The highest BCUT2D eigenvalue weighted by atomic mass is 19.1. The van der Waals surface area contributed by atoms with Gasteiger partial charge >= 0.3 is 11.7 Å². The minimum absolute atomic E-state index is 0.114. The molecule has 10 nitrogen and oxygen atoms in total. The molecule has 0 saturated heterocycles. The molecular weight excluding hydrogens is 493 g/mol. The van der Waals surface area contributed by atoms with Crippen molar-refractivity contribution < 1.29 is 18.7 Å². The van der Waals surface area contributed by atoms with Crippen molar-refractivity contribution in [2.75, 3.05) is 12.4 Å². The first-order valence-electron chi connectivity index (χ1n) is 12.2. The van der Waals surface area contributed by atoms with E-state index in [9.17, 15) is 23.6 Å². The van der Waals surface area contributed by atoms with E-state index in [1.165, 1.54) is 24.7 Å². The van der Waals surface area contributed by atoms with Crippen molar-refractivity contribution in [3.63, 3.8) is 0 Å². The van der Waals surface area contributed by atoms with Crippen molar-refractivity contribution in [3.05, 3.63) is 92.1 Å². The van der Waals surface area contributed by atoms with Crippen LogP contribution in [0.5, 0.6) is 0 Å². The van der Waals surface area contributed by atoms with Gasteiger partial charge in [0.05, 0.1) is 13.0 Å². The number of carbonyl (C=O) groups is 2. The lowest BCUT2D eigenvalue weighted by molar-refractivity contribution is -0.142. The van der Waals surface area contributed by atoms with Crippen LogP contribution in [0.1, 0.15) is 36.3 Å². The van der Waals surface area contributed by atoms with Gasteiger partial charge in [-0.2, -0.15) is 0 Å². The number of fused-ring (bicyclic) bond motifs is 1. The number of carbonyl (C=O) groups excluding carboxylic acids is 2. The molecule has 0 aliphatic heterocycles. The summed E-state index contributed by atoms with van der Waals surface area (Å²) in [5.41, 5.74) is 0.845. The second-order valence-electron chi connectivity index (χ2n) is 9.46. The minimum Gasteiger partial charge on any atom is -0.469 e. The number of imidazole rings is 1. The molecule has 2 aromatic carbocycles. The van der Waals surface area contributed by atoms with Gasteiger partial charge in [0.25, 0.3) is 5.56 Å². The van der Waals surface area contributed by atoms with E-state index in [1.54, 1.807) is 30.3 Å². The van der Waals surface area contributed by atoms with Crippen LogP contribution in [0.25, 0.3) is 11.2 Å². The third-order valence-corrected chi connectivity index (χ3v) is 6.83. The number of nitrogens with zero attached hydrogens (tertiary/aromatic N) is 2. The predicted molar refractivity (Wildman–Crippen MR) is 137 cm³/mol. The maximum Gasteiger partial charge on any atom is 0.330 e. The van der Waals surface area contributed by atoms with Gasteiger partial charge in [0.1, 0.15) is 17.2 Å². The van der Waals surface area contributed by atoms with Crippen LogP contribution in [0.3, 0.4) is 0 Å². The molecule has 0 spiro atoms. The molecule has 2 aromatic heterocycles. The van der Waals surface area contributed by atoms with Crippen LogP contribution in [-0.2, 0) is 27.2 Å². The molecule has 1 aliphatic rings. The summed E-state index contributed by atoms with van der Waals surface area (Å²) in [5.74, 6) is -1.29. The lowest BCUT2D eigenvalue weighted by Crippen LogP contribution is -2.35. The van der Waals surface area contributed by atoms with Gasteiger partial charge < -0.3 is 15.0 Å². The lowest BCUT2D eigenvalue weighted by Gasteiger charge is -2.20. The smallest absolute Gasteiger partial charge is 0.330 e. The number of rotatable bonds is 8. The van der Waals surface area contributed by atoms with Crippen LogP contribution >= 0.6 is 0 Å². The van der Waals surface area contributed by atoms with E-state index in [2.05, 4.69) is 20.3 Å². The quantitative estimate of drug-likeness (QED) is 0.306. The Morgan fingerprint density at radius 1 is 1.16 bits per heavy atom. The first-order chi connectivity index (χ1) is 18.2. The van der Waals surface area contributed by atoms with E-state index in [1.807, 2.05) is 12.1 Å². The molecule has 11 heteroatoms. The number of hydrogen-bond donors (Lipinski definition) is 3. The second kappa shape index (κ2) is 10.1. The molecule has 1 aliphatic carbocycles. The molecule has 4 aromatic rings. The van der Waals surface area contributed by atoms with E-state index in [-0.39, 0.29) is 29.4 Å². The predicted octanol–water partition coefficient (Wildman–Crippen LogP) is 2.69. The van der Waals surface area contributed by atoms with E-state index >= 15 is 0 Å². The van der Waals surface area contributed by atoms with E-state index in [0.29, 0.717) is 29.9 Å². The Kier molecular flexibility index (Phi) is 6.66. The highest BCUT2D eigenvalue weighted by Gasteiger charge is 2.50. The molecular formula is C27H26FN5O5. The summed E-state index contributed by atoms with van der Waals surface area (Å²) in [5, 5.41) is 2.70. The molecule has 1 amide bonds. The van der Waals surface area contributed by atoms with E-state index in [0.717, 1.165) is 5.56 Å². The normalized spacial score (nSPS) is 17.2. The van der Waals surface area contributed by atoms with Crippen LogP contribution in [0.2, 0.25) is 0 Å². The Hall–Kier alpha value is -4.54. The summed E-state index contributed by atoms with van der Waals surface area (Å²) in [7, 11) is 1.30. The summed E-state index contributed by atoms with van der Waals surface area (Å²) < 4.78 is 20.9. The molecule has 196 valence electrons. The van der Waals surface area contributed by atoms with Crippen LogP contribution in [0.15, 0.2) is 58.1 Å². The van der Waals surface area contributed by atoms with Crippen LogP contribution in [0.4, 0.5) is 10.1 Å². The Morgan fingerprint density at radius 2 is 1.89 bits per heavy atom. The number of H-pyrrole nitrogens is 2. The van der Waals surface area contributed by atoms with Crippen LogP contribution in [-0.4, -0.2) is 38.5 Å². The number of benzene rings is 2. The molecule has 0 radical (unpaired) electrons. The highest BCUT2D eigenvalue weighted by molar-refractivity contribution is 5.88. The zero-order chi connectivity index (χ0) is 27.0. The summed E-state index contributed by atoms with van der Waals surface area (Å²) >= 11 is 0. The van der Waals surface area contributed by atoms with Crippen LogP contribution < -0.4 is 16.6 Å². The number of ether oxygens (including phenoxy) is 1. The van der Waals surface area contributed by atoms with Gasteiger partial charge in [-0.1, -0.05) is 30.3 Å². The number of amides is 1. The Labute approximate surface area is 215 Å². The third kappa shape index (κ3) is 4.99. The third-order valence-electron chi connectivity index (χ3n) is 6.83. The van der Waals surface area contributed by atoms with Crippen molar-refractivity contribution in [3.8, 4) is 0 Å². The molecule has 38 heavy (non-hydrogen) atoms. The Balaban J connectivity index is 1.54. The number of anilines is 1. The molecule has 1 saturated carbocycles. The first kappa shape index (κ1) is 25.1. The minimum atomic E-state index is -0.683. The fourth-order valence-corrected chi connectivity index (χ4v) is 4.94. The SMILES string of the molecule is COC(=O)C1CC1C(Cc1ccccc1F)n1c(=O)[nH]c(=O)c2[nH]c(Cc3ccc(NC(C)=O)cc3)nc21. The molecule has 2 heterocycles. The topological polar surface area (TPSA) is 139 Å². The van der Waals surface area contributed by atoms with Gasteiger partial charge in [0.2, 0.25) is 5.91 Å². The van der Waals surface area contributed by atoms with Crippen molar-refractivity contribution in [1.29, 1.82) is 0 Å². The molecule has 3 atom stereocenters. The summed E-state index contributed by atoms with van der Waals surface area (Å²) in [6, 6.07) is 12.8. The second-order valence-corrected chi connectivity index (χ2v) is 9.46. The molecule has 3 unspecified atom stereocenters. The monoisotopic (exact) mass is 519 g/mol. The molecule has 5 rings (SSSR count). The van der Waals surface area contributed by atoms with Crippen molar-refractivity contribution in [2.24, 2.45) is 11.8 Å². The Morgan fingerprint density at radius 3 is 2.58 bits per heavy atom. The fourth-order valence-electron chi connectivity index (χ4n) is 4.94. The standard InChI is InChI=1S/C27H26FN5O5/c1-14(34)29-17-9-7-15(8-10-17)11-22-30-23-24(31-22)33(27(37)32-25(23)35)21(18-13-19(18)26(36)38-2)12-16-5-3-4-6-20(16)28/h3-10,18-19,21H,11-13H2,1-2H3,(H,29,34)(H,30,31)(H,32,35,37). The van der Waals surface area contributed by atoms with Gasteiger partial charge in [-0.05, 0) is 48.1 Å². The number of methoxy groups -OCH3 is 1. The summed E-state index contributed by atoms with van der Waals surface area (Å²) in [4.78, 5) is 59.3. The largest absolute Gasteiger partial charge is 0.469 e. The number of esters is 1. The molecule has 3 N–H and O–H groups in total. The number of aromatic amines is 2. The van der Waals surface area contributed by atoms with E-state index in [4.69, 9.17) is 4.74 Å². The van der Waals surface area contributed by atoms with Crippen molar-refractivity contribution >= 4 is 28.7 Å².